The van der Waals surface area contributed by atoms with E-state index in [1.165, 1.54) is 0 Å². The van der Waals surface area contributed by atoms with Crippen molar-refractivity contribution >= 4 is 27.5 Å². The fourth-order valence-electron chi connectivity index (χ4n) is 1.66. The third-order valence-corrected chi connectivity index (χ3v) is 2.95. The molecule has 5 nitrogen and oxygen atoms in total. The molecule has 0 saturated carbocycles. The number of hydrogen-bond acceptors (Lipinski definition) is 4. The van der Waals surface area contributed by atoms with E-state index in [-0.39, 0.29) is 6.04 Å². The van der Waals surface area contributed by atoms with Gasteiger partial charge in [-0.25, -0.2) is 4.52 Å². The average Bonchev–Trinajstić information content (AvgIpc) is 2.55. The second kappa shape index (κ2) is 3.18. The Balaban J connectivity index is 1.99. The van der Waals surface area contributed by atoms with E-state index in [4.69, 9.17) is 5.73 Å². The highest BCUT2D eigenvalue weighted by molar-refractivity contribution is 9.10. The van der Waals surface area contributed by atoms with Gasteiger partial charge in [0, 0.05) is 29.8 Å². The molecular formula is C9H10BrN5. The molecule has 3 rings (SSSR count). The van der Waals surface area contributed by atoms with Gasteiger partial charge in [-0.05, 0) is 28.1 Å². The highest BCUT2D eigenvalue weighted by Crippen LogP contribution is 2.18. The standard InChI is InChI=1S/C9H10BrN5/c10-6-1-2-8-12-9(13-15(8)3-6)14-4-7(11)5-14/h1-3,7H,4-5,11H2. The molecule has 15 heavy (non-hydrogen) atoms. The van der Waals surface area contributed by atoms with Gasteiger partial charge in [0.05, 0.1) is 0 Å². The lowest BCUT2D eigenvalue weighted by Gasteiger charge is -2.35. The molecule has 0 aromatic carbocycles. The van der Waals surface area contributed by atoms with Crippen LogP contribution >= 0.6 is 15.9 Å². The topological polar surface area (TPSA) is 59.5 Å². The third kappa shape index (κ3) is 1.49. The summed E-state index contributed by atoms with van der Waals surface area (Å²) in [5, 5.41) is 4.38. The number of rotatable bonds is 1. The van der Waals surface area contributed by atoms with Crippen LogP contribution in [-0.2, 0) is 0 Å². The van der Waals surface area contributed by atoms with Crippen molar-refractivity contribution in [3.05, 3.63) is 22.8 Å². The van der Waals surface area contributed by atoms with Gasteiger partial charge < -0.3 is 10.6 Å². The van der Waals surface area contributed by atoms with E-state index in [1.807, 2.05) is 18.3 Å². The summed E-state index contributed by atoms with van der Waals surface area (Å²) in [6.45, 7) is 1.69. The fourth-order valence-corrected chi connectivity index (χ4v) is 1.98. The van der Waals surface area contributed by atoms with Gasteiger partial charge in [-0.15, -0.1) is 5.10 Å². The Hall–Kier alpha value is -1.14. The summed E-state index contributed by atoms with van der Waals surface area (Å²) < 4.78 is 2.76. The predicted octanol–water partition coefficient (Wildman–Crippen LogP) is 0.639. The second-order valence-corrected chi connectivity index (χ2v) is 4.64. The Morgan fingerprint density at radius 1 is 1.40 bits per heavy atom. The van der Waals surface area contributed by atoms with Gasteiger partial charge in [0.1, 0.15) is 0 Å². The third-order valence-electron chi connectivity index (χ3n) is 2.48. The number of aromatic nitrogens is 3. The van der Waals surface area contributed by atoms with Crippen molar-refractivity contribution in [3.8, 4) is 0 Å². The van der Waals surface area contributed by atoms with E-state index in [0.29, 0.717) is 0 Å². The molecule has 1 saturated heterocycles. The summed E-state index contributed by atoms with van der Waals surface area (Å²) in [4.78, 5) is 6.49. The second-order valence-electron chi connectivity index (χ2n) is 3.73. The Morgan fingerprint density at radius 3 is 2.93 bits per heavy atom. The SMILES string of the molecule is NC1CN(c2nc3ccc(Br)cn3n2)C1. The lowest BCUT2D eigenvalue weighted by atomic mass is 10.1. The smallest absolute Gasteiger partial charge is 0.245 e. The molecule has 1 aliphatic rings. The first-order valence-corrected chi connectivity index (χ1v) is 5.54. The number of pyridine rings is 1. The molecule has 0 bridgehead atoms. The molecule has 2 aromatic heterocycles. The lowest BCUT2D eigenvalue weighted by molar-refractivity contribution is 0.509. The van der Waals surface area contributed by atoms with Gasteiger partial charge >= 0.3 is 0 Å². The van der Waals surface area contributed by atoms with E-state index in [2.05, 4.69) is 30.9 Å². The van der Waals surface area contributed by atoms with E-state index in [9.17, 15) is 0 Å². The summed E-state index contributed by atoms with van der Waals surface area (Å²) in [5.74, 6) is 0.759. The zero-order valence-electron chi connectivity index (χ0n) is 7.97. The van der Waals surface area contributed by atoms with Crippen LogP contribution in [0.1, 0.15) is 0 Å². The maximum Gasteiger partial charge on any atom is 0.245 e. The minimum absolute atomic E-state index is 0.267. The Kier molecular flexibility index (Phi) is 1.93. The number of fused-ring (bicyclic) bond motifs is 1. The van der Waals surface area contributed by atoms with Crippen molar-refractivity contribution < 1.29 is 0 Å². The quantitative estimate of drug-likeness (QED) is 0.824. The monoisotopic (exact) mass is 267 g/mol. The molecule has 0 radical (unpaired) electrons. The van der Waals surface area contributed by atoms with Gasteiger partial charge in [0.2, 0.25) is 5.95 Å². The van der Waals surface area contributed by atoms with Gasteiger partial charge in [-0.1, -0.05) is 0 Å². The van der Waals surface area contributed by atoms with Gasteiger partial charge in [0.15, 0.2) is 5.65 Å². The van der Waals surface area contributed by atoms with Crippen LogP contribution in [-0.4, -0.2) is 33.7 Å². The van der Waals surface area contributed by atoms with E-state index < -0.39 is 0 Å². The van der Waals surface area contributed by atoms with E-state index >= 15 is 0 Å². The molecule has 2 N–H and O–H groups in total. The van der Waals surface area contributed by atoms with Crippen LogP contribution in [0.5, 0.6) is 0 Å². The largest absolute Gasteiger partial charge is 0.336 e. The number of halogens is 1. The van der Waals surface area contributed by atoms with Crippen molar-refractivity contribution in [1.82, 2.24) is 14.6 Å². The molecule has 78 valence electrons. The Labute approximate surface area is 95.0 Å². The number of nitrogens with zero attached hydrogens (tertiary/aromatic N) is 4. The number of hydrogen-bond donors (Lipinski definition) is 1. The van der Waals surface area contributed by atoms with Crippen molar-refractivity contribution in [2.45, 2.75) is 6.04 Å². The lowest BCUT2D eigenvalue weighted by Crippen LogP contribution is -2.56. The van der Waals surface area contributed by atoms with E-state index in [1.54, 1.807) is 4.52 Å². The van der Waals surface area contributed by atoms with Crippen LogP contribution in [0.3, 0.4) is 0 Å². The molecule has 2 aromatic rings. The molecule has 3 heterocycles. The molecule has 1 fully saturated rings. The summed E-state index contributed by atoms with van der Waals surface area (Å²) in [6.07, 6.45) is 1.89. The minimum Gasteiger partial charge on any atom is -0.336 e. The molecule has 6 heteroatoms. The number of nitrogens with two attached hydrogens (primary N) is 1. The summed E-state index contributed by atoms with van der Waals surface area (Å²) in [7, 11) is 0. The molecule has 0 spiro atoms. The molecule has 0 aliphatic carbocycles. The highest BCUT2D eigenvalue weighted by Gasteiger charge is 2.26. The van der Waals surface area contributed by atoms with Crippen LogP contribution in [0.2, 0.25) is 0 Å². The Morgan fingerprint density at radius 2 is 2.20 bits per heavy atom. The van der Waals surface area contributed by atoms with E-state index in [0.717, 1.165) is 29.2 Å². The first-order valence-electron chi connectivity index (χ1n) is 4.75. The fraction of sp³-hybridized carbons (Fsp3) is 0.333. The maximum atomic E-state index is 5.71. The average molecular weight is 268 g/mol. The van der Waals surface area contributed by atoms with Crippen molar-refractivity contribution in [1.29, 1.82) is 0 Å². The van der Waals surface area contributed by atoms with Crippen molar-refractivity contribution in [3.63, 3.8) is 0 Å². The first kappa shape index (κ1) is 9.11. The Bertz CT molecular complexity index is 502. The molecule has 0 unspecified atom stereocenters. The summed E-state index contributed by atoms with van der Waals surface area (Å²) >= 11 is 3.40. The molecular weight excluding hydrogens is 258 g/mol. The summed E-state index contributed by atoms with van der Waals surface area (Å²) in [6, 6.07) is 4.15. The minimum atomic E-state index is 0.267. The normalized spacial score (nSPS) is 17.1. The zero-order chi connectivity index (χ0) is 10.4. The van der Waals surface area contributed by atoms with Crippen LogP contribution in [0, 0.1) is 0 Å². The van der Waals surface area contributed by atoms with Crippen LogP contribution in [0.4, 0.5) is 5.95 Å². The highest BCUT2D eigenvalue weighted by atomic mass is 79.9. The predicted molar refractivity (Wildman–Crippen MR) is 60.9 cm³/mol. The zero-order valence-corrected chi connectivity index (χ0v) is 9.55. The first-order chi connectivity index (χ1) is 7.22. The maximum absolute atomic E-state index is 5.71. The molecule has 0 amide bonds. The van der Waals surface area contributed by atoms with Crippen LogP contribution < -0.4 is 10.6 Å². The van der Waals surface area contributed by atoms with Crippen molar-refractivity contribution in [2.24, 2.45) is 5.73 Å². The van der Waals surface area contributed by atoms with Gasteiger partial charge in [-0.2, -0.15) is 4.98 Å². The summed E-state index contributed by atoms with van der Waals surface area (Å²) in [5.41, 5.74) is 6.57. The molecule has 0 atom stereocenters. The van der Waals surface area contributed by atoms with Crippen LogP contribution in [0.15, 0.2) is 22.8 Å². The molecule has 1 aliphatic heterocycles. The van der Waals surface area contributed by atoms with Crippen molar-refractivity contribution in [2.75, 3.05) is 18.0 Å². The van der Waals surface area contributed by atoms with Gasteiger partial charge in [0.25, 0.3) is 0 Å². The van der Waals surface area contributed by atoms with Gasteiger partial charge in [-0.3, -0.25) is 0 Å². The van der Waals surface area contributed by atoms with Crippen LogP contribution in [0.25, 0.3) is 5.65 Å². The number of anilines is 1.